The maximum atomic E-state index is 12.0. The Bertz CT molecular complexity index is 506. The van der Waals surface area contributed by atoms with Gasteiger partial charge in [-0.25, -0.2) is 0 Å². The normalized spacial score (nSPS) is 9.55. The number of hydrogen-bond donors (Lipinski definition) is 2. The van der Waals surface area contributed by atoms with E-state index in [1.54, 1.807) is 37.1 Å². The van der Waals surface area contributed by atoms with Crippen molar-refractivity contribution < 1.29 is 14.6 Å². The standard InChI is InChI=1S/C15H19NO3S/c1-19-14-7-6-13(15(18)16-8-10-20-2)11-12(14)5-3-4-9-17/h6-7,11,17H,4,8-10H2,1-2H3,(H,16,18). The van der Waals surface area contributed by atoms with E-state index in [0.29, 0.717) is 29.8 Å². The summed E-state index contributed by atoms with van der Waals surface area (Å²) in [4.78, 5) is 12.0. The molecule has 4 nitrogen and oxygen atoms in total. The molecule has 0 radical (unpaired) electrons. The lowest BCUT2D eigenvalue weighted by molar-refractivity contribution is 0.0956. The highest BCUT2D eigenvalue weighted by Crippen LogP contribution is 2.18. The van der Waals surface area contributed by atoms with E-state index < -0.39 is 0 Å². The number of thioether (sulfide) groups is 1. The summed E-state index contributed by atoms with van der Waals surface area (Å²) in [7, 11) is 1.56. The molecule has 1 amide bonds. The largest absolute Gasteiger partial charge is 0.495 e. The Hall–Kier alpha value is -1.64. The predicted octanol–water partition coefficient (Wildman–Crippen LogP) is 1.52. The lowest BCUT2D eigenvalue weighted by atomic mass is 10.1. The fraction of sp³-hybridized carbons (Fsp3) is 0.400. The molecule has 20 heavy (non-hydrogen) atoms. The van der Waals surface area contributed by atoms with Crippen LogP contribution in [0.5, 0.6) is 5.75 Å². The van der Waals surface area contributed by atoms with Crippen molar-refractivity contribution in [1.82, 2.24) is 5.32 Å². The zero-order valence-corrected chi connectivity index (χ0v) is 12.5. The molecule has 0 unspecified atom stereocenters. The van der Waals surface area contributed by atoms with Crippen molar-refractivity contribution >= 4 is 17.7 Å². The third-order valence-electron chi connectivity index (χ3n) is 2.51. The van der Waals surface area contributed by atoms with Crippen molar-refractivity contribution in [3.63, 3.8) is 0 Å². The molecule has 108 valence electrons. The van der Waals surface area contributed by atoms with E-state index in [2.05, 4.69) is 17.2 Å². The van der Waals surface area contributed by atoms with Crippen molar-refractivity contribution in [2.45, 2.75) is 6.42 Å². The average molecular weight is 293 g/mol. The van der Waals surface area contributed by atoms with Gasteiger partial charge in [0.15, 0.2) is 0 Å². The highest BCUT2D eigenvalue weighted by molar-refractivity contribution is 7.98. The number of amides is 1. The van der Waals surface area contributed by atoms with Crippen LogP contribution in [0.25, 0.3) is 0 Å². The van der Waals surface area contributed by atoms with E-state index in [1.165, 1.54) is 0 Å². The monoisotopic (exact) mass is 293 g/mol. The molecule has 0 saturated carbocycles. The number of rotatable bonds is 6. The van der Waals surface area contributed by atoms with Gasteiger partial charge >= 0.3 is 0 Å². The fourth-order valence-electron chi connectivity index (χ4n) is 1.53. The molecular weight excluding hydrogens is 274 g/mol. The van der Waals surface area contributed by atoms with Crippen LogP contribution in [0.4, 0.5) is 0 Å². The zero-order valence-electron chi connectivity index (χ0n) is 11.7. The lowest BCUT2D eigenvalue weighted by Crippen LogP contribution is -2.25. The lowest BCUT2D eigenvalue weighted by Gasteiger charge is -2.07. The highest BCUT2D eigenvalue weighted by Gasteiger charge is 2.08. The minimum absolute atomic E-state index is 0.0180. The summed E-state index contributed by atoms with van der Waals surface area (Å²) in [6.07, 6.45) is 2.39. The topological polar surface area (TPSA) is 58.6 Å². The Balaban J connectivity index is 2.86. The zero-order chi connectivity index (χ0) is 14.8. The first-order valence-corrected chi connectivity index (χ1v) is 7.67. The third kappa shape index (κ3) is 5.16. The number of nitrogens with one attached hydrogen (secondary N) is 1. The van der Waals surface area contributed by atoms with E-state index in [9.17, 15) is 4.79 Å². The smallest absolute Gasteiger partial charge is 0.251 e. The van der Waals surface area contributed by atoms with Gasteiger partial charge in [-0.1, -0.05) is 11.8 Å². The summed E-state index contributed by atoms with van der Waals surface area (Å²) in [5.74, 6) is 7.12. The van der Waals surface area contributed by atoms with E-state index >= 15 is 0 Å². The van der Waals surface area contributed by atoms with E-state index in [-0.39, 0.29) is 12.5 Å². The quantitative estimate of drug-likeness (QED) is 0.617. The van der Waals surface area contributed by atoms with Crippen LogP contribution in [0, 0.1) is 11.8 Å². The van der Waals surface area contributed by atoms with Gasteiger partial charge in [-0.15, -0.1) is 0 Å². The second kappa shape index (κ2) is 9.29. The highest BCUT2D eigenvalue weighted by atomic mass is 32.2. The third-order valence-corrected chi connectivity index (χ3v) is 3.13. The van der Waals surface area contributed by atoms with Crippen LogP contribution in [-0.2, 0) is 0 Å². The molecule has 1 aromatic carbocycles. The first-order valence-electron chi connectivity index (χ1n) is 6.27. The Morgan fingerprint density at radius 1 is 1.50 bits per heavy atom. The van der Waals surface area contributed by atoms with Crippen molar-refractivity contribution in [3.8, 4) is 17.6 Å². The number of carbonyl (C=O) groups excluding carboxylic acids is 1. The Morgan fingerprint density at radius 2 is 2.30 bits per heavy atom. The first-order chi connectivity index (χ1) is 9.72. The molecule has 0 heterocycles. The molecule has 0 atom stereocenters. The second-order valence-corrected chi connectivity index (χ2v) is 4.92. The van der Waals surface area contributed by atoms with Crippen LogP contribution in [0.3, 0.4) is 0 Å². The van der Waals surface area contributed by atoms with Crippen molar-refractivity contribution in [2.24, 2.45) is 0 Å². The minimum Gasteiger partial charge on any atom is -0.495 e. The molecule has 0 fully saturated rings. The Labute approximate surface area is 123 Å². The number of hydrogen-bond acceptors (Lipinski definition) is 4. The molecule has 0 aliphatic heterocycles. The molecule has 1 aromatic rings. The van der Waals surface area contributed by atoms with Crippen LogP contribution in [0.1, 0.15) is 22.3 Å². The minimum atomic E-state index is -0.119. The summed E-state index contributed by atoms with van der Waals surface area (Å²) in [6.45, 7) is 0.654. The number of aliphatic hydroxyl groups is 1. The van der Waals surface area contributed by atoms with E-state index in [0.717, 1.165) is 5.75 Å². The summed E-state index contributed by atoms with van der Waals surface area (Å²) in [5, 5.41) is 11.6. The van der Waals surface area contributed by atoms with Crippen LogP contribution < -0.4 is 10.1 Å². The van der Waals surface area contributed by atoms with E-state index in [1.807, 2.05) is 6.26 Å². The molecule has 5 heteroatoms. The van der Waals surface area contributed by atoms with Gasteiger partial charge in [-0.2, -0.15) is 11.8 Å². The SMILES string of the molecule is COc1ccc(C(=O)NCCSC)cc1C#CCCO. The molecular formula is C15H19NO3S. The fourth-order valence-corrected chi connectivity index (χ4v) is 1.84. The molecule has 0 aliphatic carbocycles. The maximum Gasteiger partial charge on any atom is 0.251 e. The van der Waals surface area contributed by atoms with Crippen molar-refractivity contribution in [3.05, 3.63) is 29.3 Å². The summed E-state index contributed by atoms with van der Waals surface area (Å²) in [6, 6.07) is 5.15. The first kappa shape index (κ1) is 16.4. The van der Waals surface area contributed by atoms with Gasteiger partial charge in [0, 0.05) is 24.3 Å². The van der Waals surface area contributed by atoms with Crippen molar-refractivity contribution in [1.29, 1.82) is 0 Å². The molecule has 0 aliphatic rings. The molecule has 0 saturated heterocycles. The number of methoxy groups -OCH3 is 1. The van der Waals surface area contributed by atoms with Gasteiger partial charge in [-0.05, 0) is 24.5 Å². The van der Waals surface area contributed by atoms with Gasteiger partial charge in [0.2, 0.25) is 0 Å². The predicted molar refractivity (Wildman–Crippen MR) is 82.3 cm³/mol. The molecule has 1 rings (SSSR count). The number of ether oxygens (including phenoxy) is 1. The molecule has 0 aromatic heterocycles. The molecule has 0 bridgehead atoms. The number of carbonyl (C=O) groups is 1. The number of aliphatic hydroxyl groups excluding tert-OH is 1. The average Bonchev–Trinajstić information content (AvgIpc) is 2.47. The summed E-state index contributed by atoms with van der Waals surface area (Å²) >= 11 is 1.68. The van der Waals surface area contributed by atoms with Gasteiger partial charge in [0.05, 0.1) is 19.3 Å². The van der Waals surface area contributed by atoms with Crippen molar-refractivity contribution in [2.75, 3.05) is 32.3 Å². The van der Waals surface area contributed by atoms with Crippen LogP contribution in [0.2, 0.25) is 0 Å². The van der Waals surface area contributed by atoms with E-state index in [4.69, 9.17) is 9.84 Å². The Kier molecular flexibility index (Phi) is 7.63. The Morgan fingerprint density at radius 3 is 2.95 bits per heavy atom. The summed E-state index contributed by atoms with van der Waals surface area (Å²) < 4.78 is 5.21. The maximum absolute atomic E-state index is 12.0. The molecule has 2 N–H and O–H groups in total. The van der Waals surface area contributed by atoms with Crippen LogP contribution >= 0.6 is 11.8 Å². The van der Waals surface area contributed by atoms with Crippen LogP contribution in [-0.4, -0.2) is 43.3 Å². The second-order valence-electron chi connectivity index (χ2n) is 3.94. The van der Waals surface area contributed by atoms with Gasteiger partial charge in [0.25, 0.3) is 5.91 Å². The molecule has 0 spiro atoms. The van der Waals surface area contributed by atoms with Gasteiger partial charge in [0.1, 0.15) is 5.75 Å². The number of benzene rings is 1. The van der Waals surface area contributed by atoms with Gasteiger partial charge in [-0.3, -0.25) is 4.79 Å². The van der Waals surface area contributed by atoms with Gasteiger partial charge < -0.3 is 15.2 Å². The summed E-state index contributed by atoms with van der Waals surface area (Å²) in [5.41, 5.74) is 1.21. The van der Waals surface area contributed by atoms with Crippen LogP contribution in [0.15, 0.2) is 18.2 Å².